The van der Waals surface area contributed by atoms with Crippen LogP contribution < -0.4 is 0 Å². The molecule has 0 spiro atoms. The topological polar surface area (TPSA) is 0 Å². The van der Waals surface area contributed by atoms with E-state index in [-0.39, 0.29) is 29.6 Å². The van der Waals surface area contributed by atoms with Crippen LogP contribution in [0.4, 0.5) is 0 Å². The molecule has 33 valence electrons. The van der Waals surface area contributed by atoms with Crippen molar-refractivity contribution < 1.29 is 0 Å². The average molecular weight is 132 g/mol. The van der Waals surface area contributed by atoms with Gasteiger partial charge < -0.3 is 0 Å². The minimum Gasteiger partial charge on any atom is -0.168 e. The zero-order chi connectivity index (χ0) is 4.50. The van der Waals surface area contributed by atoms with Crippen molar-refractivity contribution in [3.05, 3.63) is 0 Å². The van der Waals surface area contributed by atoms with Crippen molar-refractivity contribution >= 4 is 48.0 Å². The molecular formula is C3H9ClNaSi. The maximum Gasteiger partial charge on any atom is 0.147 e. The van der Waals surface area contributed by atoms with Gasteiger partial charge >= 0.3 is 0 Å². The minimum absolute atomic E-state index is 0. The summed E-state index contributed by atoms with van der Waals surface area (Å²) in [5.41, 5.74) is 0. The molecule has 0 aliphatic rings. The van der Waals surface area contributed by atoms with Gasteiger partial charge in [0, 0.05) is 29.6 Å². The van der Waals surface area contributed by atoms with E-state index < -0.39 is 7.38 Å². The maximum atomic E-state index is 5.67. The molecule has 0 bridgehead atoms. The van der Waals surface area contributed by atoms with Crippen LogP contribution in [0.2, 0.25) is 19.6 Å². The zero-order valence-electron chi connectivity index (χ0n) is 4.88. The predicted molar refractivity (Wildman–Crippen MR) is 35.0 cm³/mol. The van der Waals surface area contributed by atoms with Crippen molar-refractivity contribution in [2.45, 2.75) is 19.6 Å². The molecule has 0 saturated carbocycles. The first-order valence-electron chi connectivity index (χ1n) is 1.69. The first-order chi connectivity index (χ1) is 2.00. The molecule has 0 aromatic rings. The van der Waals surface area contributed by atoms with Crippen molar-refractivity contribution in [3.63, 3.8) is 0 Å². The summed E-state index contributed by atoms with van der Waals surface area (Å²) in [7, 11) is -1.14. The van der Waals surface area contributed by atoms with Gasteiger partial charge in [-0.1, -0.05) is 19.6 Å². The summed E-state index contributed by atoms with van der Waals surface area (Å²) >= 11 is 5.67. The van der Waals surface area contributed by atoms with Crippen LogP contribution in [0.3, 0.4) is 0 Å². The fourth-order valence-corrected chi connectivity index (χ4v) is 0. The van der Waals surface area contributed by atoms with E-state index in [0.29, 0.717) is 0 Å². The molecule has 6 heavy (non-hydrogen) atoms. The molecule has 0 amide bonds. The standard InChI is InChI=1S/C3H9ClSi.Na/c1-5(2,3)4;/h1-3H3;. The predicted octanol–water partition coefficient (Wildman–Crippen LogP) is 1.68. The molecule has 0 N–H and O–H groups in total. The van der Waals surface area contributed by atoms with Crippen molar-refractivity contribution in [2.24, 2.45) is 0 Å². The summed E-state index contributed by atoms with van der Waals surface area (Å²) in [4.78, 5) is 0. The van der Waals surface area contributed by atoms with Crippen molar-refractivity contribution in [2.75, 3.05) is 0 Å². The smallest absolute Gasteiger partial charge is 0.147 e. The van der Waals surface area contributed by atoms with E-state index in [1.54, 1.807) is 0 Å². The molecule has 0 unspecified atom stereocenters. The van der Waals surface area contributed by atoms with E-state index in [9.17, 15) is 0 Å². The van der Waals surface area contributed by atoms with Crippen LogP contribution in [-0.4, -0.2) is 36.9 Å². The van der Waals surface area contributed by atoms with E-state index in [1.165, 1.54) is 0 Å². The van der Waals surface area contributed by atoms with Crippen LogP contribution in [0.25, 0.3) is 0 Å². The van der Waals surface area contributed by atoms with Crippen LogP contribution >= 0.6 is 11.1 Å². The molecule has 1 radical (unpaired) electrons. The van der Waals surface area contributed by atoms with Crippen molar-refractivity contribution in [1.29, 1.82) is 0 Å². The van der Waals surface area contributed by atoms with E-state index in [0.717, 1.165) is 0 Å². The van der Waals surface area contributed by atoms with E-state index in [4.69, 9.17) is 11.1 Å². The van der Waals surface area contributed by atoms with E-state index in [2.05, 4.69) is 19.6 Å². The number of hydrogen-bond donors (Lipinski definition) is 0. The Balaban J connectivity index is 0. The molecule has 3 heteroatoms. The number of rotatable bonds is 0. The Morgan fingerprint density at radius 2 is 1.17 bits per heavy atom. The molecule has 0 atom stereocenters. The Morgan fingerprint density at radius 1 is 1.17 bits per heavy atom. The largest absolute Gasteiger partial charge is 0.168 e. The Hall–Kier alpha value is 1.51. The maximum absolute atomic E-state index is 5.67. The van der Waals surface area contributed by atoms with E-state index in [1.807, 2.05) is 0 Å². The fourth-order valence-electron chi connectivity index (χ4n) is 0. The molecular weight excluding hydrogens is 123 g/mol. The SMILES string of the molecule is C[Si](C)(C)Cl.[Na]. The second-order valence-corrected chi connectivity index (χ2v) is 9.60. The first kappa shape index (κ1) is 10.5. The van der Waals surface area contributed by atoms with Gasteiger partial charge in [0.2, 0.25) is 0 Å². The Bertz CT molecular complexity index is 26.3. The van der Waals surface area contributed by atoms with Crippen LogP contribution in [0.5, 0.6) is 0 Å². The summed E-state index contributed by atoms with van der Waals surface area (Å²) < 4.78 is 0. The van der Waals surface area contributed by atoms with Gasteiger partial charge in [-0.3, -0.25) is 0 Å². The van der Waals surface area contributed by atoms with E-state index >= 15 is 0 Å². The summed E-state index contributed by atoms with van der Waals surface area (Å²) in [6.45, 7) is 6.28. The Morgan fingerprint density at radius 3 is 1.17 bits per heavy atom. The van der Waals surface area contributed by atoms with Gasteiger partial charge in [-0.15, -0.1) is 0 Å². The minimum atomic E-state index is -1.14. The molecule has 0 aliphatic heterocycles. The third kappa shape index (κ3) is 49.3. The van der Waals surface area contributed by atoms with Crippen LogP contribution in [0.15, 0.2) is 0 Å². The molecule has 0 saturated heterocycles. The second-order valence-electron chi connectivity index (χ2n) is 2.07. The molecule has 0 fully saturated rings. The molecule has 0 rings (SSSR count). The summed E-state index contributed by atoms with van der Waals surface area (Å²) in [6.07, 6.45) is 0. The molecule has 0 aromatic heterocycles. The molecule has 0 aliphatic carbocycles. The summed E-state index contributed by atoms with van der Waals surface area (Å²) in [5.74, 6) is 0. The van der Waals surface area contributed by atoms with Gasteiger partial charge in [0.05, 0.1) is 0 Å². The molecule has 0 nitrogen and oxygen atoms in total. The number of hydrogen-bond acceptors (Lipinski definition) is 0. The average Bonchev–Trinajstić information content (AvgIpc) is 0.722. The fraction of sp³-hybridized carbons (Fsp3) is 1.00. The number of halogens is 1. The van der Waals surface area contributed by atoms with Crippen molar-refractivity contribution in [3.8, 4) is 0 Å². The third-order valence-electron chi connectivity index (χ3n) is 0. The third-order valence-corrected chi connectivity index (χ3v) is 0. The monoisotopic (exact) mass is 131 g/mol. The normalized spacial score (nSPS) is 10.0. The van der Waals surface area contributed by atoms with Gasteiger partial charge in [0.1, 0.15) is 7.38 Å². The van der Waals surface area contributed by atoms with Crippen LogP contribution in [-0.2, 0) is 0 Å². The molecule has 0 aromatic carbocycles. The summed E-state index contributed by atoms with van der Waals surface area (Å²) in [5, 5.41) is 0. The molecule has 0 heterocycles. The van der Waals surface area contributed by atoms with Gasteiger partial charge in [-0.2, -0.15) is 11.1 Å². The van der Waals surface area contributed by atoms with Gasteiger partial charge in [-0.05, 0) is 0 Å². The van der Waals surface area contributed by atoms with Gasteiger partial charge in [0.15, 0.2) is 0 Å². The second kappa shape index (κ2) is 3.50. The quantitative estimate of drug-likeness (QED) is 0.347. The van der Waals surface area contributed by atoms with Crippen LogP contribution in [0, 0.1) is 0 Å². The first-order valence-corrected chi connectivity index (χ1v) is 6.20. The summed E-state index contributed by atoms with van der Waals surface area (Å²) in [6, 6.07) is 0. The Kier molecular flexibility index (Phi) is 6.12. The Labute approximate surface area is 67.3 Å². The van der Waals surface area contributed by atoms with Crippen molar-refractivity contribution in [1.82, 2.24) is 0 Å². The van der Waals surface area contributed by atoms with Gasteiger partial charge in [0.25, 0.3) is 0 Å². The van der Waals surface area contributed by atoms with Gasteiger partial charge in [-0.25, -0.2) is 0 Å². The zero-order valence-corrected chi connectivity index (χ0v) is 8.63. The van der Waals surface area contributed by atoms with Crippen LogP contribution in [0.1, 0.15) is 0 Å².